The zero-order chi connectivity index (χ0) is 20.1. The number of carbonyl (C=O) groups excluding carboxylic acids is 2. The molecule has 29 heavy (non-hydrogen) atoms. The lowest BCUT2D eigenvalue weighted by molar-refractivity contribution is -0.124. The van der Waals surface area contributed by atoms with E-state index in [0.717, 1.165) is 22.7 Å². The number of para-hydroxylation sites is 1. The number of thioether (sulfide) groups is 1. The molecule has 1 saturated heterocycles. The monoisotopic (exact) mass is 409 g/mol. The van der Waals surface area contributed by atoms with Crippen LogP contribution in [0.3, 0.4) is 0 Å². The first-order valence-electron chi connectivity index (χ1n) is 10.3. The lowest BCUT2D eigenvalue weighted by atomic mass is 10.1. The largest absolute Gasteiger partial charge is 0.352 e. The number of anilines is 1. The van der Waals surface area contributed by atoms with E-state index in [1.54, 1.807) is 0 Å². The van der Waals surface area contributed by atoms with E-state index >= 15 is 0 Å². The van der Waals surface area contributed by atoms with Gasteiger partial charge < -0.3 is 10.6 Å². The number of hydrogen-bond acceptors (Lipinski definition) is 4. The van der Waals surface area contributed by atoms with Gasteiger partial charge in [-0.15, -0.1) is 11.8 Å². The molecular formula is C23H27N3O2S. The van der Waals surface area contributed by atoms with Crippen LogP contribution in [0.4, 0.5) is 5.69 Å². The second-order valence-electron chi connectivity index (χ2n) is 7.73. The number of likely N-dealkylation sites (tertiary alicyclic amines) is 1. The Bertz CT molecular complexity index is 863. The summed E-state index contributed by atoms with van der Waals surface area (Å²) in [6, 6.07) is 16.1. The molecule has 4 rings (SSSR count). The molecule has 2 heterocycles. The molecule has 0 aliphatic carbocycles. The van der Waals surface area contributed by atoms with Crippen molar-refractivity contribution in [2.45, 2.75) is 48.9 Å². The molecule has 0 unspecified atom stereocenters. The third kappa shape index (κ3) is 5.40. The van der Waals surface area contributed by atoms with Crippen molar-refractivity contribution in [3.63, 3.8) is 0 Å². The minimum Gasteiger partial charge on any atom is -0.352 e. The van der Waals surface area contributed by atoms with E-state index in [9.17, 15) is 9.59 Å². The maximum Gasteiger partial charge on any atom is 0.238 e. The quantitative estimate of drug-likeness (QED) is 0.762. The number of carbonyl (C=O) groups is 2. The lowest BCUT2D eigenvalue weighted by Crippen LogP contribution is -2.34. The number of fused-ring (bicyclic) bond motifs is 1. The van der Waals surface area contributed by atoms with Crippen LogP contribution in [0, 0.1) is 0 Å². The van der Waals surface area contributed by atoms with Crippen molar-refractivity contribution in [2.24, 2.45) is 0 Å². The molecule has 0 radical (unpaired) electrons. The summed E-state index contributed by atoms with van der Waals surface area (Å²) >= 11 is 1.46. The predicted molar refractivity (Wildman–Crippen MR) is 117 cm³/mol. The molecule has 0 spiro atoms. The molecule has 1 atom stereocenters. The van der Waals surface area contributed by atoms with Gasteiger partial charge in [-0.05, 0) is 49.2 Å². The molecule has 2 aromatic carbocycles. The highest BCUT2D eigenvalue weighted by Gasteiger charge is 2.28. The van der Waals surface area contributed by atoms with Gasteiger partial charge in [0.15, 0.2) is 0 Å². The van der Waals surface area contributed by atoms with Gasteiger partial charge in [0.1, 0.15) is 0 Å². The Morgan fingerprint density at radius 3 is 2.55 bits per heavy atom. The summed E-state index contributed by atoms with van der Waals surface area (Å²) in [7, 11) is 0. The first kappa shape index (κ1) is 20.0. The van der Waals surface area contributed by atoms with Crippen LogP contribution in [0.25, 0.3) is 0 Å². The average Bonchev–Trinajstić information content (AvgIpc) is 2.74. The highest BCUT2D eigenvalue weighted by atomic mass is 32.2. The van der Waals surface area contributed by atoms with Crippen molar-refractivity contribution in [1.29, 1.82) is 0 Å². The van der Waals surface area contributed by atoms with Crippen LogP contribution >= 0.6 is 11.8 Å². The first-order valence-corrected chi connectivity index (χ1v) is 11.2. The topological polar surface area (TPSA) is 61.4 Å². The standard InChI is InChI=1S/C23H27N3O2S/c27-22(14-21-23(28)25-19-6-2-3-7-20(19)29-21)24-15-17-8-10-18(11-9-17)16-26-12-4-1-5-13-26/h2-3,6-11,21H,1,4-5,12-16H2,(H,24,27)(H,25,28)/t21-/m0/s1. The van der Waals surface area contributed by atoms with Gasteiger partial charge in [0, 0.05) is 24.4 Å². The molecular weight excluding hydrogens is 382 g/mol. The van der Waals surface area contributed by atoms with Gasteiger partial charge in [0.05, 0.1) is 10.9 Å². The zero-order valence-electron chi connectivity index (χ0n) is 16.5. The van der Waals surface area contributed by atoms with E-state index < -0.39 is 5.25 Å². The van der Waals surface area contributed by atoms with Gasteiger partial charge in [-0.25, -0.2) is 0 Å². The van der Waals surface area contributed by atoms with Crippen molar-refractivity contribution in [2.75, 3.05) is 18.4 Å². The fourth-order valence-electron chi connectivity index (χ4n) is 3.81. The van der Waals surface area contributed by atoms with E-state index in [4.69, 9.17) is 0 Å². The first-order chi connectivity index (χ1) is 14.2. The van der Waals surface area contributed by atoms with E-state index in [1.807, 2.05) is 24.3 Å². The highest BCUT2D eigenvalue weighted by Crippen LogP contribution is 2.36. The maximum atomic E-state index is 12.4. The van der Waals surface area contributed by atoms with Gasteiger partial charge in [0.2, 0.25) is 11.8 Å². The van der Waals surface area contributed by atoms with Crippen LogP contribution in [0.15, 0.2) is 53.4 Å². The van der Waals surface area contributed by atoms with Crippen LogP contribution in [0.2, 0.25) is 0 Å². The highest BCUT2D eigenvalue weighted by molar-refractivity contribution is 8.01. The molecule has 2 aromatic rings. The Labute approximate surface area is 176 Å². The lowest BCUT2D eigenvalue weighted by Gasteiger charge is -2.26. The molecule has 2 aliphatic heterocycles. The Morgan fingerprint density at radius 1 is 1.03 bits per heavy atom. The van der Waals surface area contributed by atoms with Crippen molar-refractivity contribution >= 4 is 29.3 Å². The van der Waals surface area contributed by atoms with Gasteiger partial charge >= 0.3 is 0 Å². The van der Waals surface area contributed by atoms with Gasteiger partial charge in [-0.1, -0.05) is 42.8 Å². The third-order valence-electron chi connectivity index (χ3n) is 5.44. The molecule has 1 fully saturated rings. The Kier molecular flexibility index (Phi) is 6.52. The van der Waals surface area contributed by atoms with Crippen LogP contribution < -0.4 is 10.6 Å². The van der Waals surface area contributed by atoms with E-state index in [2.05, 4.69) is 39.8 Å². The number of benzene rings is 2. The van der Waals surface area contributed by atoms with E-state index in [-0.39, 0.29) is 18.2 Å². The normalized spacial score (nSPS) is 19.3. The molecule has 0 saturated carbocycles. The Balaban J connectivity index is 1.25. The molecule has 6 heteroatoms. The van der Waals surface area contributed by atoms with Gasteiger partial charge in [0.25, 0.3) is 0 Å². The average molecular weight is 410 g/mol. The van der Waals surface area contributed by atoms with Gasteiger partial charge in [-0.3, -0.25) is 14.5 Å². The number of rotatable bonds is 6. The van der Waals surface area contributed by atoms with Crippen molar-refractivity contribution in [1.82, 2.24) is 10.2 Å². The molecule has 0 aromatic heterocycles. The summed E-state index contributed by atoms with van der Waals surface area (Å²) in [4.78, 5) is 28.1. The predicted octanol–water partition coefficient (Wildman–Crippen LogP) is 3.79. The van der Waals surface area contributed by atoms with Gasteiger partial charge in [-0.2, -0.15) is 0 Å². The maximum absolute atomic E-state index is 12.4. The molecule has 2 aliphatic rings. The molecule has 152 valence electrons. The van der Waals surface area contributed by atoms with Crippen LogP contribution in [0.1, 0.15) is 36.8 Å². The van der Waals surface area contributed by atoms with Crippen LogP contribution in [0.5, 0.6) is 0 Å². The summed E-state index contributed by atoms with van der Waals surface area (Å²) in [6.07, 6.45) is 4.13. The number of nitrogens with zero attached hydrogens (tertiary/aromatic N) is 1. The summed E-state index contributed by atoms with van der Waals surface area (Å²) in [5.74, 6) is -0.208. The number of piperidine rings is 1. The minimum absolute atomic E-state index is 0.102. The SMILES string of the molecule is O=C(C[C@@H]1Sc2ccccc2NC1=O)NCc1ccc(CN2CCCCC2)cc1. The van der Waals surface area contributed by atoms with Crippen LogP contribution in [-0.2, 0) is 22.7 Å². The Morgan fingerprint density at radius 2 is 1.76 bits per heavy atom. The van der Waals surface area contributed by atoms with Crippen molar-refractivity contribution < 1.29 is 9.59 Å². The zero-order valence-corrected chi connectivity index (χ0v) is 17.3. The van der Waals surface area contributed by atoms with Crippen molar-refractivity contribution in [3.05, 3.63) is 59.7 Å². The Hall–Kier alpha value is -2.31. The second kappa shape index (κ2) is 9.46. The summed E-state index contributed by atoms with van der Waals surface area (Å²) in [5, 5.41) is 5.44. The molecule has 5 nitrogen and oxygen atoms in total. The van der Waals surface area contributed by atoms with Crippen LogP contribution in [-0.4, -0.2) is 35.1 Å². The molecule has 2 N–H and O–H groups in total. The van der Waals surface area contributed by atoms with E-state index in [0.29, 0.717) is 6.54 Å². The fourth-order valence-corrected chi connectivity index (χ4v) is 4.92. The number of hydrogen-bond donors (Lipinski definition) is 2. The third-order valence-corrected chi connectivity index (χ3v) is 6.72. The number of nitrogens with one attached hydrogen (secondary N) is 2. The summed E-state index contributed by atoms with van der Waals surface area (Å²) in [5.41, 5.74) is 3.21. The fraction of sp³-hybridized carbons (Fsp3) is 0.391. The molecule has 2 amide bonds. The number of amides is 2. The minimum atomic E-state index is -0.392. The summed E-state index contributed by atoms with van der Waals surface area (Å²) in [6.45, 7) is 3.87. The second-order valence-corrected chi connectivity index (χ2v) is 8.97. The van der Waals surface area contributed by atoms with E-state index in [1.165, 1.54) is 49.7 Å². The summed E-state index contributed by atoms with van der Waals surface area (Å²) < 4.78 is 0. The molecule has 0 bridgehead atoms. The van der Waals surface area contributed by atoms with Crippen molar-refractivity contribution in [3.8, 4) is 0 Å². The smallest absolute Gasteiger partial charge is 0.238 e.